The Morgan fingerprint density at radius 1 is 1.05 bits per heavy atom. The van der Waals surface area contributed by atoms with Gasteiger partial charge in [-0.05, 0) is 37.1 Å². The zero-order valence-corrected chi connectivity index (χ0v) is 12.8. The lowest BCUT2D eigenvalue weighted by Gasteiger charge is -2.11. The number of rotatable bonds is 6. The van der Waals surface area contributed by atoms with Gasteiger partial charge < -0.3 is 5.11 Å². The number of aryl methyl sites for hydroxylation is 2. The Kier molecular flexibility index (Phi) is 4.77. The first-order valence-electron chi connectivity index (χ1n) is 6.53. The van der Waals surface area contributed by atoms with E-state index < -0.39 is 5.97 Å². The van der Waals surface area contributed by atoms with Crippen molar-refractivity contribution < 1.29 is 9.90 Å². The van der Waals surface area contributed by atoms with Crippen molar-refractivity contribution in [2.45, 2.75) is 39.0 Å². The van der Waals surface area contributed by atoms with Crippen LogP contribution in [0.4, 0.5) is 0 Å². The van der Waals surface area contributed by atoms with Gasteiger partial charge in [0.1, 0.15) is 0 Å². The first kappa shape index (κ1) is 14.3. The summed E-state index contributed by atoms with van der Waals surface area (Å²) in [7, 11) is 0. The fourth-order valence-corrected chi connectivity index (χ4v) is 4.28. The van der Waals surface area contributed by atoms with Crippen LogP contribution in [0.3, 0.4) is 0 Å². The Bertz CT molecular complexity index is 512. The van der Waals surface area contributed by atoms with E-state index in [0.29, 0.717) is 0 Å². The van der Waals surface area contributed by atoms with Gasteiger partial charge >= 0.3 is 5.97 Å². The van der Waals surface area contributed by atoms with E-state index >= 15 is 0 Å². The highest BCUT2D eigenvalue weighted by molar-refractivity contribution is 7.13. The van der Waals surface area contributed by atoms with Crippen molar-refractivity contribution in [1.29, 1.82) is 0 Å². The molecule has 19 heavy (non-hydrogen) atoms. The van der Waals surface area contributed by atoms with E-state index in [0.717, 1.165) is 12.8 Å². The average molecular weight is 294 g/mol. The molecule has 0 amide bonds. The highest BCUT2D eigenvalue weighted by atomic mass is 32.1. The molecule has 4 heteroatoms. The SMILES string of the molecule is CCc1ccc(C(CC(=O)O)c2ccc(CC)s2)s1. The van der Waals surface area contributed by atoms with Crippen molar-refractivity contribution in [3.05, 3.63) is 43.8 Å². The van der Waals surface area contributed by atoms with E-state index in [2.05, 4.69) is 38.1 Å². The van der Waals surface area contributed by atoms with E-state index in [-0.39, 0.29) is 12.3 Å². The molecule has 2 rings (SSSR count). The molecular weight excluding hydrogens is 276 g/mol. The molecule has 1 N–H and O–H groups in total. The summed E-state index contributed by atoms with van der Waals surface area (Å²) in [5.41, 5.74) is 0. The molecule has 0 aliphatic rings. The van der Waals surface area contributed by atoms with Crippen LogP contribution in [0.5, 0.6) is 0 Å². The van der Waals surface area contributed by atoms with Crippen LogP contribution in [0, 0.1) is 0 Å². The minimum Gasteiger partial charge on any atom is -0.481 e. The van der Waals surface area contributed by atoms with Crippen LogP contribution in [-0.4, -0.2) is 11.1 Å². The third-order valence-corrected chi connectivity index (χ3v) is 5.81. The zero-order chi connectivity index (χ0) is 13.8. The van der Waals surface area contributed by atoms with Crippen LogP contribution in [0.1, 0.15) is 45.7 Å². The molecule has 102 valence electrons. The molecule has 2 nitrogen and oxygen atoms in total. The van der Waals surface area contributed by atoms with Crippen LogP contribution < -0.4 is 0 Å². The number of hydrogen-bond acceptors (Lipinski definition) is 3. The summed E-state index contributed by atoms with van der Waals surface area (Å²) in [6, 6.07) is 8.40. The minimum absolute atomic E-state index is 0.00750. The molecule has 0 atom stereocenters. The Labute approximate surface area is 121 Å². The van der Waals surface area contributed by atoms with Gasteiger partial charge in [-0.2, -0.15) is 0 Å². The summed E-state index contributed by atoms with van der Waals surface area (Å²) in [5, 5.41) is 9.14. The molecule has 0 aromatic carbocycles. The van der Waals surface area contributed by atoms with Crippen LogP contribution in [0.15, 0.2) is 24.3 Å². The van der Waals surface area contributed by atoms with Gasteiger partial charge in [0.2, 0.25) is 0 Å². The third kappa shape index (κ3) is 3.45. The van der Waals surface area contributed by atoms with E-state index in [9.17, 15) is 4.79 Å². The molecule has 2 aromatic rings. The Morgan fingerprint density at radius 2 is 1.53 bits per heavy atom. The summed E-state index contributed by atoms with van der Waals surface area (Å²) < 4.78 is 0. The average Bonchev–Trinajstić information content (AvgIpc) is 3.04. The standard InChI is InChI=1S/C15H18O2S2/c1-3-10-5-7-13(18-10)12(9-15(16)17)14-8-6-11(4-2)19-14/h5-8,12H,3-4,9H2,1-2H3,(H,16,17). The molecule has 0 unspecified atom stereocenters. The predicted octanol–water partition coefficient (Wildman–Crippen LogP) is 4.54. The zero-order valence-electron chi connectivity index (χ0n) is 11.2. The molecule has 0 aliphatic heterocycles. The second-order valence-corrected chi connectivity index (χ2v) is 6.87. The van der Waals surface area contributed by atoms with Crippen LogP contribution in [0.2, 0.25) is 0 Å². The third-order valence-electron chi connectivity index (χ3n) is 3.13. The van der Waals surface area contributed by atoms with Crippen molar-refractivity contribution in [3.8, 4) is 0 Å². The normalized spacial score (nSPS) is 11.1. The van der Waals surface area contributed by atoms with Crippen LogP contribution in [-0.2, 0) is 17.6 Å². The maximum atomic E-state index is 11.1. The monoisotopic (exact) mass is 294 g/mol. The van der Waals surface area contributed by atoms with Crippen molar-refractivity contribution in [1.82, 2.24) is 0 Å². The maximum absolute atomic E-state index is 11.1. The van der Waals surface area contributed by atoms with Crippen molar-refractivity contribution >= 4 is 28.6 Å². The summed E-state index contributed by atoms with van der Waals surface area (Å²) in [4.78, 5) is 16.1. The lowest BCUT2D eigenvalue weighted by Crippen LogP contribution is -2.05. The number of hydrogen-bond donors (Lipinski definition) is 1. The van der Waals surface area contributed by atoms with Crippen molar-refractivity contribution in [2.75, 3.05) is 0 Å². The van der Waals surface area contributed by atoms with Gasteiger partial charge in [-0.1, -0.05) is 13.8 Å². The lowest BCUT2D eigenvalue weighted by atomic mass is 10.0. The summed E-state index contributed by atoms with van der Waals surface area (Å²) in [6.45, 7) is 4.25. The predicted molar refractivity (Wildman–Crippen MR) is 81.5 cm³/mol. The molecule has 0 fully saturated rings. The fourth-order valence-electron chi connectivity index (χ4n) is 2.06. The molecule has 0 bridgehead atoms. The molecule has 0 saturated carbocycles. The van der Waals surface area contributed by atoms with Gasteiger partial charge in [0, 0.05) is 25.4 Å². The van der Waals surface area contributed by atoms with Gasteiger partial charge in [-0.3, -0.25) is 4.79 Å². The summed E-state index contributed by atoms with van der Waals surface area (Å²) >= 11 is 3.48. The number of thiophene rings is 2. The molecule has 0 spiro atoms. The molecule has 2 heterocycles. The van der Waals surface area contributed by atoms with Gasteiger partial charge in [-0.25, -0.2) is 0 Å². The number of carbonyl (C=O) groups is 1. The second kappa shape index (κ2) is 6.35. The Hall–Kier alpha value is -1.13. The molecule has 2 aromatic heterocycles. The number of aliphatic carboxylic acids is 1. The smallest absolute Gasteiger partial charge is 0.304 e. The van der Waals surface area contributed by atoms with E-state index in [1.807, 2.05) is 0 Å². The van der Waals surface area contributed by atoms with Crippen LogP contribution >= 0.6 is 22.7 Å². The largest absolute Gasteiger partial charge is 0.481 e. The van der Waals surface area contributed by atoms with Gasteiger partial charge in [0.05, 0.1) is 6.42 Å². The molecule has 0 saturated heterocycles. The first-order chi connectivity index (χ1) is 9.13. The first-order valence-corrected chi connectivity index (χ1v) is 8.16. The molecule has 0 radical (unpaired) electrons. The molecule has 0 aliphatic carbocycles. The van der Waals surface area contributed by atoms with Gasteiger partial charge in [-0.15, -0.1) is 22.7 Å². The van der Waals surface area contributed by atoms with Crippen molar-refractivity contribution in [2.24, 2.45) is 0 Å². The lowest BCUT2D eigenvalue weighted by molar-refractivity contribution is -0.137. The van der Waals surface area contributed by atoms with E-state index in [1.54, 1.807) is 22.7 Å². The number of carboxylic acid groups (broad SMARTS) is 1. The molecular formula is C15H18O2S2. The summed E-state index contributed by atoms with van der Waals surface area (Å²) in [6.07, 6.45) is 2.19. The summed E-state index contributed by atoms with van der Waals surface area (Å²) in [5.74, 6) is -0.726. The van der Waals surface area contributed by atoms with Crippen LogP contribution in [0.25, 0.3) is 0 Å². The topological polar surface area (TPSA) is 37.3 Å². The minimum atomic E-state index is -0.733. The quantitative estimate of drug-likeness (QED) is 0.849. The fraction of sp³-hybridized carbons (Fsp3) is 0.400. The number of carboxylic acids is 1. The Balaban J connectivity index is 2.31. The Morgan fingerprint density at radius 3 is 1.84 bits per heavy atom. The van der Waals surface area contributed by atoms with Gasteiger partial charge in [0.25, 0.3) is 0 Å². The van der Waals surface area contributed by atoms with Gasteiger partial charge in [0.15, 0.2) is 0 Å². The van der Waals surface area contributed by atoms with E-state index in [4.69, 9.17) is 5.11 Å². The highest BCUT2D eigenvalue weighted by Crippen LogP contribution is 2.37. The van der Waals surface area contributed by atoms with Crippen molar-refractivity contribution in [3.63, 3.8) is 0 Å². The maximum Gasteiger partial charge on any atom is 0.304 e. The second-order valence-electron chi connectivity index (χ2n) is 4.47. The highest BCUT2D eigenvalue weighted by Gasteiger charge is 2.21. The van der Waals surface area contributed by atoms with E-state index in [1.165, 1.54) is 19.5 Å².